The molecule has 8 rings (SSSR count). The van der Waals surface area contributed by atoms with E-state index in [0.29, 0.717) is 34.7 Å². The number of ether oxygens (including phenoxy) is 1. The Balaban J connectivity index is 1.15. The van der Waals surface area contributed by atoms with E-state index in [1.807, 2.05) is 86.6 Å². The molecule has 8 bridgehead atoms. The van der Waals surface area contributed by atoms with Crippen molar-refractivity contribution in [2.24, 2.45) is 73.8 Å². The molecule has 1 aromatic carbocycles. The molecular formula is C61H94N13O14P. The summed E-state index contributed by atoms with van der Waals surface area (Å²) < 4.78 is 30.8. The van der Waals surface area contributed by atoms with Gasteiger partial charge in [0.1, 0.15) is 18.3 Å². The number of hydrogen-bond donors (Lipinski definition) is 15. The van der Waals surface area contributed by atoms with E-state index in [-0.39, 0.29) is 83.3 Å². The highest BCUT2D eigenvalue weighted by molar-refractivity contribution is 7.47. The van der Waals surface area contributed by atoms with Crippen molar-refractivity contribution in [1.82, 2.24) is 26.6 Å². The zero-order valence-electron chi connectivity index (χ0n) is 52.8. The van der Waals surface area contributed by atoms with Crippen molar-refractivity contribution >= 4 is 60.5 Å². The third-order valence-electron chi connectivity index (χ3n) is 20.9. The molecule has 0 radical (unpaired) electrons. The number of primary amides is 6. The number of fused-ring (bicyclic) bond motifs is 10. The van der Waals surface area contributed by atoms with Gasteiger partial charge >= 0.3 is 7.82 Å². The minimum atomic E-state index is -5.03. The Morgan fingerprint density at radius 3 is 1.99 bits per heavy atom. The Morgan fingerprint density at radius 1 is 0.775 bits per heavy atom. The third-order valence-corrected chi connectivity index (χ3v) is 22.1. The van der Waals surface area contributed by atoms with E-state index in [4.69, 9.17) is 48.2 Å². The summed E-state index contributed by atoms with van der Waals surface area (Å²) in [5, 5.41) is 43.1. The summed E-state index contributed by atoms with van der Waals surface area (Å²) in [5.41, 5.74) is 37.9. The maximum atomic E-state index is 14.3. The van der Waals surface area contributed by atoms with Crippen LogP contribution in [-0.4, -0.2) is 131 Å². The molecule has 89 heavy (non-hydrogen) atoms. The molecule has 0 saturated carbocycles. The monoisotopic (exact) mass is 1260 g/mol. The first-order valence-corrected chi connectivity index (χ1v) is 32.1. The number of hydrogen-bond acceptors (Lipinski definition) is 19. The van der Waals surface area contributed by atoms with E-state index in [1.54, 1.807) is 4.90 Å². The van der Waals surface area contributed by atoms with Crippen molar-refractivity contribution in [3.63, 3.8) is 0 Å². The predicted molar refractivity (Wildman–Crippen MR) is 330 cm³/mol. The van der Waals surface area contributed by atoms with Crippen LogP contribution in [0.5, 0.6) is 0 Å². The van der Waals surface area contributed by atoms with Crippen LogP contribution in [0.2, 0.25) is 0 Å². The molecule has 21 N–H and O–H groups in total. The fourth-order valence-corrected chi connectivity index (χ4v) is 16.9. The van der Waals surface area contributed by atoms with Crippen molar-refractivity contribution in [3.05, 3.63) is 69.3 Å². The van der Waals surface area contributed by atoms with Gasteiger partial charge in [-0.2, -0.15) is 0 Å². The van der Waals surface area contributed by atoms with Gasteiger partial charge in [-0.1, -0.05) is 34.6 Å². The van der Waals surface area contributed by atoms with Crippen molar-refractivity contribution in [1.29, 1.82) is 0 Å². The molecule has 1 aromatic rings. The summed E-state index contributed by atoms with van der Waals surface area (Å²) in [6.07, 6.45) is -2.73. The van der Waals surface area contributed by atoms with Gasteiger partial charge in [0.2, 0.25) is 41.4 Å². The highest BCUT2D eigenvalue weighted by Gasteiger charge is 2.65. The lowest BCUT2D eigenvalue weighted by atomic mass is 9.58. The second-order valence-corrected chi connectivity index (χ2v) is 28.6. The number of rotatable bonds is 26. The largest absolute Gasteiger partial charge is 0.472 e. The van der Waals surface area contributed by atoms with Crippen molar-refractivity contribution in [2.75, 3.05) is 30.0 Å². The number of nitrogens with one attached hydrogen (secondary N) is 6. The van der Waals surface area contributed by atoms with Gasteiger partial charge in [-0.3, -0.25) is 42.6 Å². The number of aryl methyl sites for hydroxylation is 2. The van der Waals surface area contributed by atoms with Crippen LogP contribution in [0, 0.1) is 53.3 Å². The molecule has 28 heteroatoms. The first kappa shape index (κ1) is 68.2. The van der Waals surface area contributed by atoms with Gasteiger partial charge in [-0.15, -0.1) is 0 Å². The summed E-state index contributed by atoms with van der Waals surface area (Å²) in [7, 11) is -5.03. The Kier molecular flexibility index (Phi) is 19.5. The SMILES string of the molecule is C/C1=C2/NC(/C=C3\NC(/C=C4\N[C@H]([C@H](CC(N)=O)[C@@]4(C)CCC(=O)NCC(C)OP(=O)(O)O[C@H]4[C@@H](O)[C@@H](N5CNc6cc(C)c(C)cc65)O[C@@H]4CO)[C@]4(C)NC1=C(CCC(N)=O)[C@]4(C)CC(N)=O)[C@@H](CCC(N)=O)C3(C)C)[C@@H](CCC(N)=O)[C@]2(C)CC(N)=O. The summed E-state index contributed by atoms with van der Waals surface area (Å²) in [4.78, 5) is 106. The lowest BCUT2D eigenvalue weighted by Gasteiger charge is -2.49. The first-order chi connectivity index (χ1) is 41.4. The number of carbonyl (C=O) groups is 7. The third kappa shape index (κ3) is 13.3. The summed E-state index contributed by atoms with van der Waals surface area (Å²) >= 11 is 0. The van der Waals surface area contributed by atoms with Gasteiger partial charge in [-0.05, 0) is 119 Å². The Bertz CT molecular complexity index is 3210. The van der Waals surface area contributed by atoms with E-state index in [1.165, 1.54) is 6.92 Å². The number of benzene rings is 1. The molecule has 7 heterocycles. The normalized spacial score (nSPS) is 35.4. The van der Waals surface area contributed by atoms with Crippen LogP contribution < -0.4 is 71.2 Å². The van der Waals surface area contributed by atoms with Crippen LogP contribution in [-0.2, 0) is 51.9 Å². The van der Waals surface area contributed by atoms with Gasteiger partial charge in [-0.25, -0.2) is 4.57 Å². The highest BCUT2D eigenvalue weighted by Crippen LogP contribution is 2.61. The van der Waals surface area contributed by atoms with Gasteiger partial charge in [0, 0.05) is 114 Å². The van der Waals surface area contributed by atoms with Gasteiger partial charge < -0.3 is 91.0 Å². The lowest BCUT2D eigenvalue weighted by molar-refractivity contribution is -0.123. The van der Waals surface area contributed by atoms with Crippen LogP contribution in [0.1, 0.15) is 137 Å². The summed E-state index contributed by atoms with van der Waals surface area (Å²) in [5.74, 6) is -5.75. The number of allylic oxidation sites excluding steroid dienone is 4. The van der Waals surface area contributed by atoms with Crippen molar-refractivity contribution in [3.8, 4) is 0 Å². The molecule has 4 unspecified atom stereocenters. The zero-order valence-corrected chi connectivity index (χ0v) is 53.6. The fraction of sp³-hybridized carbons (Fsp3) is 0.656. The average Bonchev–Trinajstić information content (AvgIpc) is 1.57. The van der Waals surface area contributed by atoms with Gasteiger partial charge in [0.05, 0.1) is 42.3 Å². The summed E-state index contributed by atoms with van der Waals surface area (Å²) in [6, 6.07) is 1.93. The predicted octanol–water partition coefficient (Wildman–Crippen LogP) is 1.26. The Morgan fingerprint density at radius 2 is 1.38 bits per heavy atom. The second-order valence-electron chi connectivity index (χ2n) is 27.2. The maximum absolute atomic E-state index is 14.3. The highest BCUT2D eigenvalue weighted by atomic mass is 31.2. The number of phosphoric ester groups is 1. The van der Waals surface area contributed by atoms with Crippen molar-refractivity contribution in [2.45, 2.75) is 194 Å². The van der Waals surface area contributed by atoms with Crippen LogP contribution in [0.25, 0.3) is 0 Å². The smallest absolute Gasteiger partial charge is 0.394 e. The molecule has 16 atom stereocenters. The maximum Gasteiger partial charge on any atom is 0.472 e. The van der Waals surface area contributed by atoms with Crippen LogP contribution in [0.15, 0.2) is 58.2 Å². The van der Waals surface area contributed by atoms with E-state index in [9.17, 15) is 53.2 Å². The van der Waals surface area contributed by atoms with E-state index in [2.05, 4.69) is 31.9 Å². The number of nitrogens with zero attached hydrogens (tertiary/aromatic N) is 1. The Hall–Kier alpha value is -6.74. The Labute approximate surface area is 519 Å². The van der Waals surface area contributed by atoms with E-state index >= 15 is 0 Å². The number of amides is 7. The number of anilines is 2. The van der Waals surface area contributed by atoms with Gasteiger partial charge in [0.25, 0.3) is 0 Å². The molecule has 7 amide bonds. The van der Waals surface area contributed by atoms with Crippen LogP contribution in [0.3, 0.4) is 0 Å². The lowest BCUT2D eigenvalue weighted by Crippen LogP contribution is -2.64. The van der Waals surface area contributed by atoms with E-state index < -0.39 is 144 Å². The number of phosphoric acid groups is 1. The molecule has 4 fully saturated rings. The topological polar surface area (TPSA) is 456 Å². The van der Waals surface area contributed by atoms with E-state index in [0.717, 1.165) is 28.2 Å². The molecule has 492 valence electrons. The molecular weight excluding hydrogens is 1170 g/mol. The molecule has 4 saturated heterocycles. The quantitative estimate of drug-likeness (QED) is 0.0581. The molecule has 0 aromatic heterocycles. The van der Waals surface area contributed by atoms with Crippen LogP contribution >= 0.6 is 7.82 Å². The van der Waals surface area contributed by atoms with Gasteiger partial charge in [0.15, 0.2) is 6.23 Å². The molecule has 7 aliphatic heterocycles. The second kappa shape index (κ2) is 25.5. The molecule has 7 aliphatic rings. The molecule has 27 nitrogen and oxygen atoms in total. The number of nitrogens with two attached hydrogens (primary N) is 6. The standard InChI is InChI=1S/C61H94N13O14P/c1-29-19-39-40(20-30(29)2)74(28-69-39)56-52(83)53(41(27-75)86-56)88-89(84,85)87-31(3)26-68-50(82)17-18-58(7)36(21-47(65)79)55-61(10)60(9,25-49(67)81)35(13-16-46(64)78)51(73-61)32(4)54-59(8,24-48(66)80)34(12-15-45(63)77)38(71-54)22-42-57(5,6)33(11-14-44(62)76)37(70-42)23-43(58)72-55/h19-20,22-23,31,33-34,36-38,41,52-53,55-56,69-73,75,83H,11-18,21,24-28H2,1-10H3,(H2,62,76)(H2,63,77)(H2,64,78)(H2,65,79)(H2,66,80)(H2,67,81)(H,68,82)(H,84,85)/b42-22-,43-23-,54-32-/t31?,33-,34-,36+,37?,38?,41-,52-,53-,55-,56+,58-,59+,60+,61+/m1/s1. The number of carbonyl (C=O) groups excluding carboxylic acids is 7. The summed E-state index contributed by atoms with van der Waals surface area (Å²) in [6.45, 7) is 18.2. The van der Waals surface area contributed by atoms with Crippen LogP contribution in [0.4, 0.5) is 11.4 Å². The zero-order chi connectivity index (χ0) is 65.8. The minimum absolute atomic E-state index is 0.0222. The number of aliphatic hydroxyl groups excluding tert-OH is 2. The number of aliphatic hydroxyl groups is 2. The minimum Gasteiger partial charge on any atom is -0.394 e. The van der Waals surface area contributed by atoms with Crippen molar-refractivity contribution < 1.29 is 67.0 Å². The molecule has 0 aliphatic carbocycles. The molecule has 0 spiro atoms. The fourth-order valence-electron chi connectivity index (χ4n) is 15.8. The first-order valence-electron chi connectivity index (χ1n) is 30.6. The average molecular weight is 1260 g/mol.